The van der Waals surface area contributed by atoms with Crippen molar-refractivity contribution in [3.63, 3.8) is 0 Å². The van der Waals surface area contributed by atoms with Crippen LogP contribution in [0.15, 0.2) is 48.5 Å². The molecule has 0 saturated heterocycles. The fourth-order valence-electron chi connectivity index (χ4n) is 5.39. The van der Waals surface area contributed by atoms with Crippen molar-refractivity contribution >= 4 is 18.0 Å². The lowest BCUT2D eigenvalue weighted by Crippen LogP contribution is -2.60. The minimum Gasteiger partial charge on any atom is -0.479 e. The van der Waals surface area contributed by atoms with Crippen LogP contribution >= 0.6 is 0 Å². The molecular weight excluding hydrogens is 432 g/mol. The maximum absolute atomic E-state index is 13.2. The number of hydrogen-bond acceptors (Lipinski definition) is 4. The number of carbonyl (C=O) groups excluding carboxylic acids is 2. The molecule has 0 aromatic heterocycles. The fourth-order valence-corrected chi connectivity index (χ4v) is 5.39. The van der Waals surface area contributed by atoms with E-state index in [1.54, 1.807) is 6.92 Å². The molecule has 0 heterocycles. The summed E-state index contributed by atoms with van der Waals surface area (Å²) in [5.74, 6) is -1.46. The SMILES string of the molecule is CC[C@H](NC(=O)OCC1c2ccccc2-c2ccccc21)C(=O)N(C)C1(C(=O)O)CCCCC1. The van der Waals surface area contributed by atoms with Gasteiger partial charge in [0.2, 0.25) is 5.91 Å². The van der Waals surface area contributed by atoms with Crippen LogP contribution in [-0.4, -0.2) is 53.2 Å². The summed E-state index contributed by atoms with van der Waals surface area (Å²) in [7, 11) is 1.53. The summed E-state index contributed by atoms with van der Waals surface area (Å²) < 4.78 is 5.58. The molecule has 1 atom stereocenters. The van der Waals surface area contributed by atoms with E-state index < -0.39 is 29.6 Å². The van der Waals surface area contributed by atoms with Gasteiger partial charge in [0.05, 0.1) is 0 Å². The third kappa shape index (κ3) is 4.27. The van der Waals surface area contributed by atoms with Gasteiger partial charge in [-0.1, -0.05) is 74.7 Å². The van der Waals surface area contributed by atoms with Crippen LogP contribution in [0.25, 0.3) is 11.1 Å². The zero-order valence-corrected chi connectivity index (χ0v) is 19.8. The van der Waals surface area contributed by atoms with Crippen LogP contribution in [0.4, 0.5) is 4.79 Å². The molecular formula is C27H32N2O5. The Balaban J connectivity index is 1.42. The molecule has 2 N–H and O–H groups in total. The van der Waals surface area contributed by atoms with E-state index in [0.717, 1.165) is 41.5 Å². The lowest BCUT2D eigenvalue weighted by molar-refractivity contribution is -0.161. The van der Waals surface area contributed by atoms with E-state index in [9.17, 15) is 19.5 Å². The number of benzene rings is 2. The first-order chi connectivity index (χ1) is 16.4. The molecule has 0 radical (unpaired) electrons. The number of hydrogen-bond donors (Lipinski definition) is 2. The quantitative estimate of drug-likeness (QED) is 0.627. The molecule has 2 aromatic carbocycles. The van der Waals surface area contributed by atoms with Gasteiger partial charge in [-0.3, -0.25) is 4.79 Å². The Morgan fingerprint density at radius 1 is 1.03 bits per heavy atom. The van der Waals surface area contributed by atoms with Gasteiger partial charge in [-0.15, -0.1) is 0 Å². The largest absolute Gasteiger partial charge is 0.479 e. The van der Waals surface area contributed by atoms with Gasteiger partial charge in [0.25, 0.3) is 0 Å². The van der Waals surface area contributed by atoms with E-state index in [1.165, 1.54) is 11.9 Å². The van der Waals surface area contributed by atoms with Crippen molar-refractivity contribution in [2.75, 3.05) is 13.7 Å². The monoisotopic (exact) mass is 464 g/mol. The molecule has 1 saturated carbocycles. The Hall–Kier alpha value is -3.35. The van der Waals surface area contributed by atoms with Gasteiger partial charge in [0.15, 0.2) is 0 Å². The topological polar surface area (TPSA) is 95.9 Å². The second-order valence-electron chi connectivity index (χ2n) is 9.23. The zero-order chi connectivity index (χ0) is 24.3. The third-order valence-corrected chi connectivity index (χ3v) is 7.39. The van der Waals surface area contributed by atoms with E-state index in [4.69, 9.17) is 4.74 Å². The van der Waals surface area contributed by atoms with Gasteiger partial charge in [-0.25, -0.2) is 9.59 Å². The van der Waals surface area contributed by atoms with Crippen LogP contribution in [0.5, 0.6) is 0 Å². The maximum atomic E-state index is 13.2. The van der Waals surface area contributed by atoms with Gasteiger partial charge in [-0.05, 0) is 41.5 Å². The van der Waals surface area contributed by atoms with Crippen LogP contribution in [0.1, 0.15) is 62.5 Å². The summed E-state index contributed by atoms with van der Waals surface area (Å²) in [6.45, 7) is 1.94. The highest BCUT2D eigenvalue weighted by atomic mass is 16.5. The molecule has 1 fully saturated rings. The summed E-state index contributed by atoms with van der Waals surface area (Å²) in [5.41, 5.74) is 3.29. The smallest absolute Gasteiger partial charge is 0.407 e. The van der Waals surface area contributed by atoms with Crippen LogP contribution < -0.4 is 5.32 Å². The summed E-state index contributed by atoms with van der Waals surface area (Å²) in [4.78, 5) is 39.3. The second-order valence-corrected chi connectivity index (χ2v) is 9.23. The molecule has 2 amide bonds. The molecule has 0 bridgehead atoms. The van der Waals surface area contributed by atoms with Crippen molar-refractivity contribution in [2.24, 2.45) is 0 Å². The molecule has 7 nitrogen and oxygen atoms in total. The van der Waals surface area contributed by atoms with Crippen molar-refractivity contribution in [3.8, 4) is 11.1 Å². The number of rotatable bonds is 7. The molecule has 34 heavy (non-hydrogen) atoms. The van der Waals surface area contributed by atoms with Crippen molar-refractivity contribution in [1.29, 1.82) is 0 Å². The van der Waals surface area contributed by atoms with Crippen LogP contribution in [-0.2, 0) is 14.3 Å². The highest BCUT2D eigenvalue weighted by Gasteiger charge is 2.46. The Kier molecular flexibility index (Phi) is 6.91. The molecule has 0 unspecified atom stereocenters. The number of alkyl carbamates (subject to hydrolysis) is 1. The minimum atomic E-state index is -1.22. The number of amides is 2. The molecule has 2 aliphatic rings. The van der Waals surface area contributed by atoms with Gasteiger partial charge in [0.1, 0.15) is 18.2 Å². The molecule has 2 aromatic rings. The molecule has 2 aliphatic carbocycles. The average Bonchev–Trinajstić information content (AvgIpc) is 3.19. The molecule has 0 spiro atoms. The average molecular weight is 465 g/mol. The van der Waals surface area contributed by atoms with E-state index in [0.29, 0.717) is 19.3 Å². The van der Waals surface area contributed by atoms with E-state index in [1.807, 2.05) is 36.4 Å². The van der Waals surface area contributed by atoms with Gasteiger partial charge in [0, 0.05) is 13.0 Å². The van der Waals surface area contributed by atoms with Crippen LogP contribution in [0.3, 0.4) is 0 Å². The molecule has 0 aliphatic heterocycles. The Morgan fingerprint density at radius 2 is 1.59 bits per heavy atom. The Morgan fingerprint density at radius 3 is 2.12 bits per heavy atom. The summed E-state index contributed by atoms with van der Waals surface area (Å²) >= 11 is 0. The number of ether oxygens (including phenoxy) is 1. The standard InChI is InChI=1S/C27H32N2O5/c1-3-23(24(30)29(2)27(25(31)32)15-9-4-10-16-27)28-26(33)34-17-22-20-13-7-5-11-18(20)19-12-6-8-14-21(19)22/h5-8,11-14,22-23H,3-4,9-10,15-17H2,1-2H3,(H,28,33)(H,31,32)/t23-/m0/s1. The van der Waals surface area contributed by atoms with E-state index >= 15 is 0 Å². The number of carboxylic acids is 1. The summed E-state index contributed by atoms with van der Waals surface area (Å²) in [6, 6.07) is 15.3. The van der Waals surface area contributed by atoms with Crippen molar-refractivity contribution in [1.82, 2.24) is 10.2 Å². The van der Waals surface area contributed by atoms with Crippen molar-refractivity contribution < 1.29 is 24.2 Å². The highest BCUT2D eigenvalue weighted by molar-refractivity contribution is 5.91. The third-order valence-electron chi connectivity index (χ3n) is 7.39. The zero-order valence-electron chi connectivity index (χ0n) is 19.8. The number of carboxylic acid groups (broad SMARTS) is 1. The lowest BCUT2D eigenvalue weighted by atomic mass is 9.80. The maximum Gasteiger partial charge on any atom is 0.407 e. The van der Waals surface area contributed by atoms with Crippen LogP contribution in [0, 0.1) is 0 Å². The lowest BCUT2D eigenvalue weighted by Gasteiger charge is -2.42. The molecule has 4 rings (SSSR count). The van der Waals surface area contributed by atoms with Gasteiger partial charge in [-0.2, -0.15) is 0 Å². The van der Waals surface area contributed by atoms with Gasteiger partial charge >= 0.3 is 12.1 Å². The van der Waals surface area contributed by atoms with E-state index in [2.05, 4.69) is 17.4 Å². The van der Waals surface area contributed by atoms with Crippen molar-refractivity contribution in [2.45, 2.75) is 62.9 Å². The number of carbonyl (C=O) groups is 3. The first-order valence-electron chi connectivity index (χ1n) is 12.0. The first-order valence-corrected chi connectivity index (χ1v) is 12.0. The Bertz CT molecular complexity index is 1030. The first kappa shape index (κ1) is 23.8. The normalized spacial score (nSPS) is 17.2. The van der Waals surface area contributed by atoms with Crippen molar-refractivity contribution in [3.05, 3.63) is 59.7 Å². The molecule has 7 heteroatoms. The number of aliphatic carboxylic acids is 1. The number of nitrogens with one attached hydrogen (secondary N) is 1. The van der Waals surface area contributed by atoms with E-state index in [-0.39, 0.29) is 12.5 Å². The summed E-state index contributed by atoms with van der Waals surface area (Å²) in [5, 5.41) is 12.6. The second kappa shape index (κ2) is 9.87. The highest BCUT2D eigenvalue weighted by Crippen LogP contribution is 2.44. The number of fused-ring (bicyclic) bond motifs is 3. The predicted molar refractivity (Wildman–Crippen MR) is 129 cm³/mol. The summed E-state index contributed by atoms with van der Waals surface area (Å²) in [6.07, 6.45) is 3.00. The Labute approximate surface area is 200 Å². The predicted octanol–water partition coefficient (Wildman–Crippen LogP) is 4.55. The van der Waals surface area contributed by atoms with Crippen LogP contribution in [0.2, 0.25) is 0 Å². The van der Waals surface area contributed by atoms with Gasteiger partial charge < -0.3 is 20.1 Å². The fraction of sp³-hybridized carbons (Fsp3) is 0.444. The number of likely N-dealkylation sites (N-methyl/N-ethyl adjacent to an activating group) is 1. The molecule has 180 valence electrons. The number of nitrogens with zero attached hydrogens (tertiary/aromatic N) is 1. The minimum absolute atomic E-state index is 0.0749.